The van der Waals surface area contributed by atoms with Crippen LogP contribution in [0.5, 0.6) is 0 Å². The number of rotatable bonds is 25. The van der Waals surface area contributed by atoms with E-state index in [0.717, 1.165) is 79.9 Å². The summed E-state index contributed by atoms with van der Waals surface area (Å²) in [7, 11) is 2.48. The number of nitrogens with one attached hydrogen (secondary N) is 5. The van der Waals surface area contributed by atoms with Gasteiger partial charge >= 0.3 is 36.3 Å². The Labute approximate surface area is 521 Å². The number of aldehydes is 1. The van der Waals surface area contributed by atoms with Gasteiger partial charge < -0.3 is 70.0 Å². The molecule has 4 amide bonds. The molecular weight excluding hydrogens is 1150 g/mol. The Morgan fingerprint density at radius 1 is 0.573 bits per heavy atom. The number of hydrogen-bond donors (Lipinski definition) is 7. The fourth-order valence-corrected chi connectivity index (χ4v) is 10.1. The third-order valence-corrected chi connectivity index (χ3v) is 14.5. The lowest BCUT2D eigenvalue weighted by atomic mass is 9.83. The van der Waals surface area contributed by atoms with Gasteiger partial charge in [0, 0.05) is 49.7 Å². The van der Waals surface area contributed by atoms with Gasteiger partial charge in [-0.05, 0) is 133 Å². The van der Waals surface area contributed by atoms with E-state index in [-0.39, 0.29) is 61.9 Å². The zero-order valence-electron chi connectivity index (χ0n) is 52.5. The van der Waals surface area contributed by atoms with Crippen LogP contribution < -0.4 is 26.6 Å². The van der Waals surface area contributed by atoms with Gasteiger partial charge in [0.1, 0.15) is 54.4 Å². The molecule has 6 rings (SSSR count). The first-order valence-corrected chi connectivity index (χ1v) is 30.1. The molecule has 0 radical (unpaired) electrons. The maximum absolute atomic E-state index is 13.6. The monoisotopic (exact) mass is 1250 g/mol. The topological polar surface area (TPSA) is 279 Å². The molecule has 0 saturated heterocycles. The van der Waals surface area contributed by atoms with Gasteiger partial charge in [0.15, 0.2) is 0 Å². The molecule has 2 aliphatic carbocycles. The maximum atomic E-state index is 13.6. The number of halogens is 2. The van der Waals surface area contributed by atoms with Crippen LogP contribution in [0, 0.1) is 23.5 Å². The fraction of sp³-hybridized carbons (Fsp3) is 0.530. The van der Waals surface area contributed by atoms with Gasteiger partial charge in [-0.2, -0.15) is 0 Å². The van der Waals surface area contributed by atoms with Crippen LogP contribution in [0.15, 0.2) is 109 Å². The van der Waals surface area contributed by atoms with Crippen LogP contribution in [-0.4, -0.2) is 152 Å². The van der Waals surface area contributed by atoms with Crippen molar-refractivity contribution in [2.45, 2.75) is 166 Å². The van der Waals surface area contributed by atoms with Gasteiger partial charge in [-0.3, -0.25) is 14.5 Å². The number of ether oxygens (including phenoxy) is 6. The van der Waals surface area contributed by atoms with E-state index in [9.17, 15) is 52.6 Å². The average Bonchev–Trinajstić information content (AvgIpc) is 2.51. The van der Waals surface area contributed by atoms with Crippen molar-refractivity contribution >= 4 is 42.6 Å². The summed E-state index contributed by atoms with van der Waals surface area (Å²) in [5, 5.41) is 33.9. The van der Waals surface area contributed by atoms with Crippen LogP contribution in [0.4, 0.5) is 28.0 Å². The Balaban J connectivity index is 0.000000317. The van der Waals surface area contributed by atoms with Crippen LogP contribution in [0.25, 0.3) is 0 Å². The number of benzene rings is 4. The van der Waals surface area contributed by atoms with Crippen molar-refractivity contribution in [1.82, 2.24) is 31.5 Å². The third-order valence-electron chi connectivity index (χ3n) is 14.5. The Hall–Kier alpha value is -7.73. The van der Waals surface area contributed by atoms with Gasteiger partial charge in [0.25, 0.3) is 0 Å². The molecule has 4 aromatic rings. The number of amides is 4. The molecule has 0 unspecified atom stereocenters. The minimum atomic E-state index is -1.01. The van der Waals surface area contributed by atoms with E-state index in [1.807, 2.05) is 60.7 Å². The first-order chi connectivity index (χ1) is 42.4. The number of hydrogen-bond acceptors (Lipinski definition) is 17. The molecule has 4 aromatic carbocycles. The van der Waals surface area contributed by atoms with Crippen molar-refractivity contribution in [2.75, 3.05) is 47.1 Å². The summed E-state index contributed by atoms with van der Waals surface area (Å²) in [5.41, 5.74) is 2.01. The lowest BCUT2D eigenvalue weighted by Gasteiger charge is -2.39. The van der Waals surface area contributed by atoms with E-state index in [2.05, 4.69) is 31.3 Å². The van der Waals surface area contributed by atoms with E-state index < -0.39 is 84.9 Å². The smallest absolute Gasteiger partial charge is 0.407 e. The van der Waals surface area contributed by atoms with Crippen LogP contribution in [0.3, 0.4) is 0 Å². The number of esters is 2. The molecule has 0 aromatic heterocycles. The van der Waals surface area contributed by atoms with Crippen LogP contribution in [0.2, 0.25) is 0 Å². The molecule has 7 N–H and O–H groups in total. The fourth-order valence-electron chi connectivity index (χ4n) is 10.1. The van der Waals surface area contributed by atoms with E-state index in [0.29, 0.717) is 19.4 Å². The van der Waals surface area contributed by atoms with Gasteiger partial charge in [-0.1, -0.05) is 111 Å². The first kappa shape index (κ1) is 73.7. The highest BCUT2D eigenvalue weighted by Gasteiger charge is 2.36. The number of alkyl carbamates (subject to hydrolysis) is 4. The molecule has 0 bridgehead atoms. The molecule has 8 atom stereocenters. The Morgan fingerprint density at radius 2 is 1.02 bits per heavy atom. The van der Waals surface area contributed by atoms with E-state index in [4.69, 9.17) is 23.7 Å². The van der Waals surface area contributed by atoms with Crippen molar-refractivity contribution in [3.8, 4) is 0 Å². The summed E-state index contributed by atoms with van der Waals surface area (Å²) < 4.78 is 57.7. The minimum absolute atomic E-state index is 0.0697. The standard InChI is InChI=1S/C33H46FN3O7.C18H27FN2O5.C15H19NO3/c1-33(2,3)44-32(41)35-27(18-23-14-16-26(34)17-15-23)20-37(29(21-38)30(39)42-4)19-25-12-8-9-13-28(25)36-31(40)43-22-24-10-6-5-7-11-24;1-18(2,3)26-17(24)21-14(9-12-5-7-13(19)8-6-12)10-20-15(11-22)16(23)25-4;17-10-13-8-4-5-9-14(13)16-15(18)19-11-12-6-2-1-3-7-12/h5-7,10-11,14-17,25,27-29,38H,8-9,12-13,18-22H2,1-4H3,(H,35,41)(H,36,40);5-8,14-15,20,22H,9-11H2,1-4H3,(H,21,24);1-3,6-7,10,13-14H,4-5,8-9,11H2,(H,16,18)/t25-,27-,28+,29-;14-,15-;13-,14+/m000/s1. The highest BCUT2D eigenvalue weighted by molar-refractivity contribution is 5.76. The highest BCUT2D eigenvalue weighted by atomic mass is 19.1. The van der Waals surface area contributed by atoms with Crippen LogP contribution in [-0.2, 0) is 68.9 Å². The average molecular weight is 1250 g/mol. The van der Waals surface area contributed by atoms with Gasteiger partial charge in [-0.15, -0.1) is 0 Å². The van der Waals surface area contributed by atoms with Crippen molar-refractivity contribution in [3.05, 3.63) is 143 Å². The summed E-state index contributed by atoms with van der Waals surface area (Å²) in [6.07, 6.45) is 6.61. The summed E-state index contributed by atoms with van der Waals surface area (Å²) >= 11 is 0. The predicted molar refractivity (Wildman–Crippen MR) is 329 cm³/mol. The van der Waals surface area contributed by atoms with Crippen molar-refractivity contribution < 1.29 is 81.0 Å². The second-order valence-corrected chi connectivity index (χ2v) is 23.9. The predicted octanol–water partition coefficient (Wildman–Crippen LogP) is 8.64. The first-order valence-electron chi connectivity index (χ1n) is 30.1. The zero-order chi connectivity index (χ0) is 65.4. The van der Waals surface area contributed by atoms with Crippen LogP contribution in [0.1, 0.15) is 115 Å². The van der Waals surface area contributed by atoms with Crippen molar-refractivity contribution in [1.29, 1.82) is 0 Å². The summed E-state index contributed by atoms with van der Waals surface area (Å²) in [5.74, 6) is -2.10. The molecule has 23 heteroatoms. The number of carbonyl (C=O) groups is 7. The minimum Gasteiger partial charge on any atom is -0.468 e. The molecule has 89 heavy (non-hydrogen) atoms. The quantitative estimate of drug-likeness (QED) is 0.0186. The molecule has 2 saturated carbocycles. The number of methoxy groups -OCH3 is 2. The molecule has 2 fully saturated rings. The Bertz CT molecular complexity index is 2750. The normalized spacial score (nSPS) is 17.8. The number of carbonyl (C=O) groups excluding carboxylic acids is 7. The van der Waals surface area contributed by atoms with Gasteiger partial charge in [0.2, 0.25) is 0 Å². The maximum Gasteiger partial charge on any atom is 0.407 e. The lowest BCUT2D eigenvalue weighted by Crippen LogP contribution is -2.56. The molecule has 2 aliphatic rings. The lowest BCUT2D eigenvalue weighted by molar-refractivity contribution is -0.149. The number of aliphatic hydroxyl groups is 2. The molecule has 21 nitrogen and oxygen atoms in total. The van der Waals surface area contributed by atoms with E-state index >= 15 is 0 Å². The number of nitrogens with zero attached hydrogens (tertiary/aromatic N) is 1. The summed E-state index contributed by atoms with van der Waals surface area (Å²) in [4.78, 5) is 86.5. The van der Waals surface area contributed by atoms with E-state index in [1.165, 1.54) is 38.5 Å². The van der Waals surface area contributed by atoms with Crippen molar-refractivity contribution in [3.63, 3.8) is 0 Å². The summed E-state index contributed by atoms with van der Waals surface area (Å²) in [6, 6.07) is 27.6. The van der Waals surface area contributed by atoms with Gasteiger partial charge in [0.05, 0.1) is 27.4 Å². The number of aliphatic hydroxyl groups excluding tert-OH is 2. The SMILES string of the molecule is COC(=O)[C@H](CO)N(C[C@H](Cc1ccc(F)cc1)NC(=O)OC(C)(C)C)C[C@@H]1CCCC[C@H]1NC(=O)OCc1ccccc1.COC(=O)[C@H](CO)NC[C@H](Cc1ccc(F)cc1)NC(=O)OC(C)(C)C.O=C[C@@H]1CCCC[C@H]1NC(=O)OCc1ccccc1. The second-order valence-electron chi connectivity index (χ2n) is 23.9. The van der Waals surface area contributed by atoms with E-state index in [1.54, 1.807) is 70.7 Å². The zero-order valence-corrected chi connectivity index (χ0v) is 52.5. The molecule has 0 aliphatic heterocycles. The molecular formula is C66H92F2N6O15. The third kappa shape index (κ3) is 29.4. The highest BCUT2D eigenvalue weighted by Crippen LogP contribution is 2.28. The largest absolute Gasteiger partial charge is 0.468 e. The molecule has 0 spiro atoms. The Kier molecular flexibility index (Phi) is 32.0. The van der Waals surface area contributed by atoms with Gasteiger partial charge in [-0.25, -0.2) is 28.0 Å². The molecule has 490 valence electrons. The summed E-state index contributed by atoms with van der Waals surface area (Å²) in [6.45, 7) is 10.6. The van der Waals surface area contributed by atoms with Crippen LogP contribution >= 0.6 is 0 Å². The Morgan fingerprint density at radius 3 is 1.48 bits per heavy atom. The second kappa shape index (κ2) is 38.6. The van der Waals surface area contributed by atoms with Crippen molar-refractivity contribution in [2.24, 2.45) is 11.8 Å². The molecule has 0 heterocycles.